The van der Waals surface area contributed by atoms with Crippen molar-refractivity contribution in [3.8, 4) is 22.6 Å². The Labute approximate surface area is 291 Å². The zero-order chi connectivity index (χ0) is 35.6. The molecule has 14 heteroatoms. The molecule has 7 rings (SSSR count). The van der Waals surface area contributed by atoms with Gasteiger partial charge >= 0.3 is 0 Å². The highest BCUT2D eigenvalue weighted by molar-refractivity contribution is 6.05. The van der Waals surface area contributed by atoms with E-state index in [0.29, 0.717) is 66.0 Å². The van der Waals surface area contributed by atoms with Crippen LogP contribution in [-0.2, 0) is 11.3 Å². The Morgan fingerprint density at radius 3 is 2.45 bits per heavy atom. The summed E-state index contributed by atoms with van der Waals surface area (Å²) >= 11 is 0. The number of ether oxygens (including phenoxy) is 2. The van der Waals surface area contributed by atoms with Gasteiger partial charge < -0.3 is 29.2 Å². The quantitative estimate of drug-likeness (QED) is 0.216. The minimum atomic E-state index is -0.803. The van der Waals surface area contributed by atoms with E-state index in [1.807, 2.05) is 30.3 Å². The zero-order valence-corrected chi connectivity index (χ0v) is 28.2. The first kappa shape index (κ1) is 33.7. The molecule has 0 spiro atoms. The van der Waals surface area contributed by atoms with Crippen molar-refractivity contribution >= 4 is 34.0 Å². The van der Waals surface area contributed by atoms with Crippen LogP contribution in [0, 0.1) is 17.5 Å². The molecule has 0 unspecified atom stereocenters. The Hall–Kier alpha value is -5.79. The van der Waals surface area contributed by atoms with Crippen LogP contribution in [0.2, 0.25) is 0 Å². The fraction of sp³-hybridized carbons (Fsp3) is 0.297. The Morgan fingerprint density at radius 2 is 1.71 bits per heavy atom. The molecule has 0 saturated carbocycles. The molecule has 11 nitrogen and oxygen atoms in total. The van der Waals surface area contributed by atoms with Crippen LogP contribution in [0.1, 0.15) is 28.9 Å². The summed E-state index contributed by atoms with van der Waals surface area (Å²) in [6, 6.07) is 12.8. The average Bonchev–Trinajstić information content (AvgIpc) is 3.85. The predicted molar refractivity (Wildman–Crippen MR) is 185 cm³/mol. The highest BCUT2D eigenvalue weighted by Crippen LogP contribution is 2.40. The molecule has 0 atom stereocenters. The van der Waals surface area contributed by atoms with Crippen molar-refractivity contribution in [1.29, 1.82) is 0 Å². The summed E-state index contributed by atoms with van der Waals surface area (Å²) < 4.78 is 57.6. The van der Waals surface area contributed by atoms with Crippen molar-refractivity contribution in [3.63, 3.8) is 0 Å². The highest BCUT2D eigenvalue weighted by atomic mass is 19.1. The number of carbonyl (C=O) groups excluding carboxylic acids is 2. The second kappa shape index (κ2) is 14.2. The summed E-state index contributed by atoms with van der Waals surface area (Å²) in [6.45, 7) is 2.25. The van der Waals surface area contributed by atoms with Gasteiger partial charge in [-0.1, -0.05) is 29.5 Å². The second-order valence-electron chi connectivity index (χ2n) is 12.4. The number of methoxy groups -OCH3 is 2. The summed E-state index contributed by atoms with van der Waals surface area (Å²) in [6.07, 6.45) is 5.99. The second-order valence-corrected chi connectivity index (χ2v) is 12.4. The first-order valence-corrected chi connectivity index (χ1v) is 16.6. The van der Waals surface area contributed by atoms with Crippen LogP contribution < -0.4 is 14.4 Å². The number of anilines is 1. The van der Waals surface area contributed by atoms with E-state index >= 15 is 4.39 Å². The number of fused-ring (bicyclic) bond motifs is 1. The lowest BCUT2D eigenvalue weighted by molar-refractivity contribution is -0.131. The fourth-order valence-corrected chi connectivity index (χ4v) is 6.88. The van der Waals surface area contributed by atoms with Gasteiger partial charge in [-0.25, -0.2) is 13.2 Å². The smallest absolute Gasteiger partial charge is 0.270 e. The first-order valence-electron chi connectivity index (χ1n) is 16.6. The summed E-state index contributed by atoms with van der Waals surface area (Å²) in [5.41, 5.74) is 2.99. The molecule has 2 amide bonds. The number of rotatable bonds is 9. The number of aromatic amines is 1. The number of hydrogen-bond acceptors (Lipinski definition) is 7. The van der Waals surface area contributed by atoms with Crippen molar-refractivity contribution < 1.29 is 32.2 Å². The highest BCUT2D eigenvalue weighted by Gasteiger charge is 2.29. The molecule has 1 N–H and O–H groups in total. The summed E-state index contributed by atoms with van der Waals surface area (Å²) in [5, 5.41) is 8.21. The summed E-state index contributed by atoms with van der Waals surface area (Å²) in [5.74, 6) is -1.95. The Bertz CT molecular complexity index is 2120. The fourth-order valence-electron chi connectivity index (χ4n) is 6.88. The number of nitrogens with one attached hydrogen (secondary N) is 1. The maximum atomic E-state index is 16.7. The van der Waals surface area contributed by atoms with Gasteiger partial charge in [0.2, 0.25) is 5.91 Å². The van der Waals surface area contributed by atoms with E-state index < -0.39 is 17.5 Å². The molecule has 5 aromatic rings. The molecule has 1 fully saturated rings. The van der Waals surface area contributed by atoms with Crippen LogP contribution in [0.4, 0.5) is 18.9 Å². The van der Waals surface area contributed by atoms with Crippen molar-refractivity contribution in [1.82, 2.24) is 29.8 Å². The molecule has 0 aliphatic carbocycles. The third-order valence-electron chi connectivity index (χ3n) is 9.46. The van der Waals surface area contributed by atoms with Crippen LogP contribution in [-0.4, -0.2) is 95.1 Å². The zero-order valence-electron chi connectivity index (χ0n) is 28.2. The third kappa shape index (κ3) is 6.60. The average molecular weight is 700 g/mol. The molecule has 51 heavy (non-hydrogen) atoms. The van der Waals surface area contributed by atoms with Gasteiger partial charge in [0.1, 0.15) is 17.3 Å². The lowest BCUT2D eigenvalue weighted by Crippen LogP contribution is -2.49. The Balaban J connectivity index is 1.19. The number of piperazine rings is 1. The molecule has 4 heterocycles. The molecule has 264 valence electrons. The van der Waals surface area contributed by atoms with Crippen LogP contribution in [0.3, 0.4) is 0 Å². The first-order chi connectivity index (χ1) is 24.7. The number of carbonyl (C=O) groups is 2. The van der Waals surface area contributed by atoms with E-state index in [4.69, 9.17) is 9.47 Å². The number of hydrogen-bond donors (Lipinski definition) is 1. The maximum absolute atomic E-state index is 16.7. The van der Waals surface area contributed by atoms with Crippen molar-refractivity contribution in [2.45, 2.75) is 19.4 Å². The number of benzene rings is 3. The van der Waals surface area contributed by atoms with E-state index in [1.165, 1.54) is 13.2 Å². The maximum Gasteiger partial charge on any atom is 0.270 e. The number of amides is 2. The van der Waals surface area contributed by atoms with Gasteiger partial charge in [0, 0.05) is 80.5 Å². The van der Waals surface area contributed by atoms with E-state index in [9.17, 15) is 18.4 Å². The minimum Gasteiger partial charge on any atom is -0.496 e. The molecule has 2 aliphatic rings. The molecule has 0 radical (unpaired) electrons. The summed E-state index contributed by atoms with van der Waals surface area (Å²) in [7, 11) is 2.88. The van der Waals surface area contributed by atoms with Crippen molar-refractivity contribution in [2.24, 2.45) is 0 Å². The molecular formula is C37H36F3N7O4. The lowest BCUT2D eigenvalue weighted by Gasteiger charge is -2.36. The lowest BCUT2D eigenvalue weighted by atomic mass is 9.93. The molecule has 2 aliphatic heterocycles. The van der Waals surface area contributed by atoms with E-state index in [1.54, 1.807) is 51.0 Å². The van der Waals surface area contributed by atoms with Crippen LogP contribution in [0.5, 0.6) is 11.5 Å². The number of aromatic nitrogens is 4. The number of para-hydroxylation sites is 1. The Kier molecular flexibility index (Phi) is 9.39. The van der Waals surface area contributed by atoms with Gasteiger partial charge in [-0.3, -0.25) is 14.3 Å². The van der Waals surface area contributed by atoms with Crippen LogP contribution in [0.25, 0.3) is 27.6 Å². The van der Waals surface area contributed by atoms with Gasteiger partial charge in [-0.15, -0.1) is 5.10 Å². The Morgan fingerprint density at radius 1 is 0.902 bits per heavy atom. The molecule has 2 aromatic heterocycles. The van der Waals surface area contributed by atoms with Gasteiger partial charge in [-0.05, 0) is 35.8 Å². The van der Waals surface area contributed by atoms with Crippen LogP contribution >= 0.6 is 0 Å². The standard InChI is InChI=1S/C37H36F3N7O4/c1-50-32-8-4-3-7-25(32)27-20-26(23-6-5-11-46(22-23)33(48)9-12-47-13-10-41-43-47)34(40)35-28(27)21-30(42-35)37(49)45-16-14-44(15-17-45)31-19-24(38)18-29(39)36(31)51-2/h3-4,6-8,10,13,18-21,42H,5,9,11-12,14-17,22H2,1-2H3. The largest absolute Gasteiger partial charge is 0.496 e. The van der Waals surface area contributed by atoms with Gasteiger partial charge in [0.25, 0.3) is 5.91 Å². The van der Waals surface area contributed by atoms with E-state index in [2.05, 4.69) is 15.3 Å². The molecule has 3 aromatic carbocycles. The number of aryl methyl sites for hydroxylation is 1. The monoisotopic (exact) mass is 699 g/mol. The third-order valence-corrected chi connectivity index (χ3v) is 9.46. The SMILES string of the molecule is COc1ccccc1-c1cc(C2=CCCN(C(=O)CCn3ccnn3)C2)c(F)c2[nH]c(C(=O)N3CCN(c4cc(F)cc(F)c4OC)CC3)cc12. The van der Waals surface area contributed by atoms with Gasteiger partial charge in [0.15, 0.2) is 17.4 Å². The van der Waals surface area contributed by atoms with Crippen molar-refractivity contribution in [3.05, 3.63) is 95.7 Å². The van der Waals surface area contributed by atoms with E-state index in [-0.39, 0.29) is 60.5 Å². The minimum absolute atomic E-state index is 0.0608. The normalized spacial score (nSPS) is 14.9. The van der Waals surface area contributed by atoms with E-state index in [0.717, 1.165) is 6.07 Å². The van der Waals surface area contributed by atoms with Crippen molar-refractivity contribution in [2.75, 3.05) is 58.4 Å². The molecular weight excluding hydrogens is 663 g/mol. The van der Waals surface area contributed by atoms with Gasteiger partial charge in [-0.2, -0.15) is 0 Å². The number of nitrogens with zero attached hydrogens (tertiary/aromatic N) is 6. The van der Waals surface area contributed by atoms with Gasteiger partial charge in [0.05, 0.1) is 38.2 Å². The molecule has 1 saturated heterocycles. The number of halogens is 3. The van der Waals surface area contributed by atoms with Crippen LogP contribution in [0.15, 0.2) is 67.0 Å². The number of H-pyrrole nitrogens is 1. The topological polar surface area (TPSA) is 109 Å². The predicted octanol–water partition coefficient (Wildman–Crippen LogP) is 5.53. The summed E-state index contributed by atoms with van der Waals surface area (Å²) in [4.78, 5) is 35.2. The molecule has 0 bridgehead atoms.